The number of hydrogen-bond acceptors (Lipinski definition) is 4. The first kappa shape index (κ1) is 14.3. The van der Waals surface area contributed by atoms with Crippen molar-refractivity contribution in [3.05, 3.63) is 12.2 Å². The third-order valence-corrected chi connectivity index (χ3v) is 1.82. The Morgan fingerprint density at radius 3 is 2.62 bits per heavy atom. The molecule has 0 radical (unpaired) electrons. The lowest BCUT2D eigenvalue weighted by molar-refractivity contribution is -0.138. The van der Waals surface area contributed by atoms with Crippen molar-refractivity contribution in [1.29, 1.82) is 0 Å². The fourth-order valence-corrected chi connectivity index (χ4v) is 1.06. The van der Waals surface area contributed by atoms with E-state index in [4.69, 9.17) is 4.74 Å². The molecule has 2 amide bonds. The Morgan fingerprint density at radius 2 is 2.00 bits per heavy atom. The molecule has 0 aliphatic heterocycles. The second kappa shape index (κ2) is 9.89. The summed E-state index contributed by atoms with van der Waals surface area (Å²) in [6, 6.07) is 0. The highest BCUT2D eigenvalue weighted by Gasteiger charge is 2.00. The average molecular weight is 227 g/mol. The number of hydrogen-bond donors (Lipinski definition) is 1. The number of esters is 1. The average Bonchev–Trinajstić information content (AvgIpc) is 2.24. The van der Waals surface area contributed by atoms with E-state index in [1.807, 2.05) is 0 Å². The number of carbonyl (C=O) groups excluding carboxylic acids is 3. The molecule has 0 saturated carbocycles. The van der Waals surface area contributed by atoms with Gasteiger partial charge in [-0.2, -0.15) is 0 Å². The van der Waals surface area contributed by atoms with Gasteiger partial charge in [0, 0.05) is 12.5 Å². The summed E-state index contributed by atoms with van der Waals surface area (Å²) >= 11 is 0. The van der Waals surface area contributed by atoms with Gasteiger partial charge in [-0.05, 0) is 26.2 Å². The predicted octanol–water partition coefficient (Wildman–Crippen LogP) is 0.939. The van der Waals surface area contributed by atoms with Crippen molar-refractivity contribution in [3.8, 4) is 0 Å². The van der Waals surface area contributed by atoms with Crippen molar-refractivity contribution in [3.63, 3.8) is 0 Å². The molecular weight excluding hydrogens is 210 g/mol. The van der Waals surface area contributed by atoms with E-state index in [0.717, 1.165) is 12.8 Å². The van der Waals surface area contributed by atoms with Crippen LogP contribution in [0.1, 0.15) is 32.6 Å². The quantitative estimate of drug-likeness (QED) is 0.290. The molecule has 0 aliphatic rings. The highest BCUT2D eigenvalue weighted by Crippen LogP contribution is 2.00. The highest BCUT2D eigenvalue weighted by molar-refractivity contribution is 5.85. The molecule has 0 heterocycles. The van der Waals surface area contributed by atoms with Crippen molar-refractivity contribution in [2.24, 2.45) is 0 Å². The third kappa shape index (κ3) is 8.93. The van der Waals surface area contributed by atoms with Crippen LogP contribution in [0, 0.1) is 0 Å². The van der Waals surface area contributed by atoms with Gasteiger partial charge in [0.2, 0.25) is 12.3 Å². The van der Waals surface area contributed by atoms with Gasteiger partial charge >= 0.3 is 5.97 Å². The molecule has 0 aromatic rings. The number of unbranched alkanes of at least 4 members (excludes halogenated alkanes) is 2. The molecule has 0 atom stereocenters. The van der Waals surface area contributed by atoms with Crippen LogP contribution >= 0.6 is 0 Å². The van der Waals surface area contributed by atoms with Crippen LogP contribution in [0.4, 0.5) is 0 Å². The van der Waals surface area contributed by atoms with Gasteiger partial charge in [-0.25, -0.2) is 4.79 Å². The van der Waals surface area contributed by atoms with E-state index in [1.165, 1.54) is 6.08 Å². The zero-order valence-electron chi connectivity index (χ0n) is 9.40. The monoisotopic (exact) mass is 227 g/mol. The SMILES string of the molecule is C/C=C/C(=O)OCCCCCC(=O)NC=O. The molecule has 0 aliphatic carbocycles. The Kier molecular flexibility index (Phi) is 8.87. The van der Waals surface area contributed by atoms with Gasteiger partial charge in [0.05, 0.1) is 6.61 Å². The maximum atomic E-state index is 10.9. The lowest BCUT2D eigenvalue weighted by Gasteiger charge is -2.01. The molecule has 0 unspecified atom stereocenters. The van der Waals surface area contributed by atoms with Crippen molar-refractivity contribution >= 4 is 18.3 Å². The van der Waals surface area contributed by atoms with Crippen LogP contribution in [0.2, 0.25) is 0 Å². The lowest BCUT2D eigenvalue weighted by atomic mass is 10.2. The normalized spacial score (nSPS) is 10.1. The Morgan fingerprint density at radius 1 is 1.25 bits per heavy atom. The molecule has 0 fully saturated rings. The van der Waals surface area contributed by atoms with Crippen molar-refractivity contribution in [2.45, 2.75) is 32.6 Å². The van der Waals surface area contributed by atoms with E-state index < -0.39 is 0 Å². The number of allylic oxidation sites excluding steroid dienone is 1. The van der Waals surface area contributed by atoms with Crippen LogP contribution in [-0.2, 0) is 19.1 Å². The van der Waals surface area contributed by atoms with Crippen molar-refractivity contribution in [2.75, 3.05) is 6.61 Å². The molecule has 0 spiro atoms. The molecule has 0 bridgehead atoms. The number of amides is 2. The van der Waals surface area contributed by atoms with Gasteiger partial charge in [-0.15, -0.1) is 0 Å². The van der Waals surface area contributed by atoms with Crippen molar-refractivity contribution < 1.29 is 19.1 Å². The largest absolute Gasteiger partial charge is 0.463 e. The van der Waals surface area contributed by atoms with E-state index in [1.54, 1.807) is 13.0 Å². The van der Waals surface area contributed by atoms with E-state index in [2.05, 4.69) is 5.32 Å². The summed E-state index contributed by atoms with van der Waals surface area (Å²) in [6.07, 6.45) is 5.86. The van der Waals surface area contributed by atoms with Crippen LogP contribution in [0.25, 0.3) is 0 Å². The maximum absolute atomic E-state index is 10.9. The second-order valence-electron chi connectivity index (χ2n) is 3.16. The lowest BCUT2D eigenvalue weighted by Crippen LogP contribution is -2.20. The first-order valence-corrected chi connectivity index (χ1v) is 5.23. The summed E-state index contributed by atoms with van der Waals surface area (Å²) in [4.78, 5) is 31.6. The molecule has 0 aromatic carbocycles. The first-order chi connectivity index (χ1) is 7.70. The van der Waals surface area contributed by atoms with Crippen LogP contribution in [-0.4, -0.2) is 24.9 Å². The number of rotatable bonds is 8. The molecule has 0 saturated heterocycles. The standard InChI is InChI=1S/C11H17NO4/c1-2-6-11(15)16-8-5-3-4-7-10(14)12-9-13/h2,6,9H,3-5,7-8H2,1H3,(H,12,13,14)/b6-2+. The second-order valence-corrected chi connectivity index (χ2v) is 3.16. The van der Waals surface area contributed by atoms with Gasteiger partial charge in [0.15, 0.2) is 0 Å². The van der Waals surface area contributed by atoms with Crippen LogP contribution in [0.15, 0.2) is 12.2 Å². The smallest absolute Gasteiger partial charge is 0.330 e. The summed E-state index contributed by atoms with van der Waals surface area (Å²) in [7, 11) is 0. The van der Waals surface area contributed by atoms with E-state index in [9.17, 15) is 14.4 Å². The number of imide groups is 1. The van der Waals surface area contributed by atoms with Crippen LogP contribution < -0.4 is 5.32 Å². The summed E-state index contributed by atoms with van der Waals surface area (Å²) < 4.78 is 4.85. The summed E-state index contributed by atoms with van der Waals surface area (Å²) in [5.74, 6) is -0.623. The minimum atomic E-state index is -0.346. The van der Waals surface area contributed by atoms with Gasteiger partial charge in [0.1, 0.15) is 0 Å². The van der Waals surface area contributed by atoms with Gasteiger partial charge < -0.3 is 4.74 Å². The molecule has 90 valence electrons. The Hall–Kier alpha value is -1.65. The molecule has 0 aromatic heterocycles. The molecule has 0 rings (SSSR count). The summed E-state index contributed by atoms with van der Waals surface area (Å²) in [5.41, 5.74) is 0. The zero-order valence-corrected chi connectivity index (χ0v) is 9.40. The van der Waals surface area contributed by atoms with E-state index in [0.29, 0.717) is 25.9 Å². The van der Waals surface area contributed by atoms with Crippen molar-refractivity contribution in [1.82, 2.24) is 5.32 Å². The van der Waals surface area contributed by atoms with E-state index in [-0.39, 0.29) is 11.9 Å². The summed E-state index contributed by atoms with van der Waals surface area (Å²) in [6.45, 7) is 2.10. The van der Waals surface area contributed by atoms with Crippen LogP contribution in [0.3, 0.4) is 0 Å². The first-order valence-electron chi connectivity index (χ1n) is 5.23. The maximum Gasteiger partial charge on any atom is 0.330 e. The minimum Gasteiger partial charge on any atom is -0.463 e. The fraction of sp³-hybridized carbons (Fsp3) is 0.545. The van der Waals surface area contributed by atoms with Gasteiger partial charge in [-0.3, -0.25) is 14.9 Å². The summed E-state index contributed by atoms with van der Waals surface area (Å²) in [5, 5.41) is 2.06. The Balaban J connectivity index is 3.30. The molecule has 1 N–H and O–H groups in total. The Bertz CT molecular complexity index is 261. The zero-order chi connectivity index (χ0) is 12.2. The minimum absolute atomic E-state index is 0.277. The van der Waals surface area contributed by atoms with E-state index >= 15 is 0 Å². The van der Waals surface area contributed by atoms with Gasteiger partial charge in [0.25, 0.3) is 0 Å². The van der Waals surface area contributed by atoms with Gasteiger partial charge in [-0.1, -0.05) is 6.08 Å². The number of ether oxygens (including phenoxy) is 1. The Labute approximate surface area is 94.8 Å². The number of carbonyl (C=O) groups is 3. The fourth-order valence-electron chi connectivity index (χ4n) is 1.06. The molecule has 5 heteroatoms. The number of nitrogens with one attached hydrogen (secondary N) is 1. The van der Waals surface area contributed by atoms with Crippen LogP contribution in [0.5, 0.6) is 0 Å². The molecule has 5 nitrogen and oxygen atoms in total. The third-order valence-electron chi connectivity index (χ3n) is 1.82. The molecule has 16 heavy (non-hydrogen) atoms. The molecular formula is C11H17NO4. The predicted molar refractivity (Wildman–Crippen MR) is 58.4 cm³/mol. The topological polar surface area (TPSA) is 72.5 Å². The highest BCUT2D eigenvalue weighted by atomic mass is 16.5.